The molecule has 0 N–H and O–H groups in total. The third kappa shape index (κ3) is 4.39. The van der Waals surface area contributed by atoms with Gasteiger partial charge in [-0.05, 0) is 37.2 Å². The summed E-state index contributed by atoms with van der Waals surface area (Å²) in [5, 5.41) is 11.8. The molecule has 0 unspecified atom stereocenters. The summed E-state index contributed by atoms with van der Waals surface area (Å²) in [7, 11) is 1.68. The van der Waals surface area contributed by atoms with Gasteiger partial charge in [0.25, 0.3) is 0 Å². The van der Waals surface area contributed by atoms with E-state index in [9.17, 15) is 13.2 Å². The third-order valence-corrected chi connectivity index (χ3v) is 4.22. The number of aromatic nitrogens is 4. The van der Waals surface area contributed by atoms with Crippen molar-refractivity contribution in [3.05, 3.63) is 5.82 Å². The maximum Gasteiger partial charge on any atom is 0.390 e. The van der Waals surface area contributed by atoms with Crippen LogP contribution in [0.25, 0.3) is 0 Å². The highest BCUT2D eigenvalue weighted by atomic mass is 19.4. The Bertz CT molecular complexity index is 439. The van der Waals surface area contributed by atoms with E-state index < -0.39 is 12.6 Å². The third-order valence-electron chi connectivity index (χ3n) is 4.22. The van der Waals surface area contributed by atoms with Gasteiger partial charge in [-0.3, -0.25) is 4.90 Å². The van der Waals surface area contributed by atoms with E-state index in [0.717, 1.165) is 25.7 Å². The Labute approximate surface area is 122 Å². The standard InChI is InChI=1S/C13H22F3N5/c1-10(20(2)9-8-13(14,15)16)12-17-18-19-21(12)11-6-4-3-5-7-11/h10-11H,3-9H2,1-2H3/t10-/m1/s1. The van der Waals surface area contributed by atoms with E-state index in [1.807, 2.05) is 11.6 Å². The Morgan fingerprint density at radius 1 is 1.29 bits per heavy atom. The molecule has 2 rings (SSSR count). The molecule has 5 nitrogen and oxygen atoms in total. The van der Waals surface area contributed by atoms with Gasteiger partial charge in [-0.2, -0.15) is 13.2 Å². The summed E-state index contributed by atoms with van der Waals surface area (Å²) in [4.78, 5) is 1.65. The van der Waals surface area contributed by atoms with Crippen LogP contribution < -0.4 is 0 Å². The molecule has 0 saturated heterocycles. The van der Waals surface area contributed by atoms with E-state index in [-0.39, 0.29) is 18.6 Å². The number of halogens is 3. The van der Waals surface area contributed by atoms with Crippen LogP contribution in [0, 0.1) is 0 Å². The molecule has 0 amide bonds. The van der Waals surface area contributed by atoms with Crippen molar-refractivity contribution in [2.75, 3.05) is 13.6 Å². The van der Waals surface area contributed by atoms with Crippen molar-refractivity contribution in [1.29, 1.82) is 0 Å². The molecule has 0 radical (unpaired) electrons. The Morgan fingerprint density at radius 2 is 1.95 bits per heavy atom. The molecule has 1 aliphatic rings. The highest BCUT2D eigenvalue weighted by Crippen LogP contribution is 2.30. The fourth-order valence-electron chi connectivity index (χ4n) is 2.76. The molecular weight excluding hydrogens is 283 g/mol. The minimum atomic E-state index is -4.14. The second-order valence-corrected chi connectivity index (χ2v) is 5.80. The largest absolute Gasteiger partial charge is 0.390 e. The minimum absolute atomic E-state index is 0.0534. The van der Waals surface area contributed by atoms with E-state index in [1.54, 1.807) is 11.9 Å². The van der Waals surface area contributed by atoms with Gasteiger partial charge in [0.2, 0.25) is 0 Å². The summed E-state index contributed by atoms with van der Waals surface area (Å²) in [5.74, 6) is 0.659. The number of hydrogen-bond donors (Lipinski definition) is 0. The fourth-order valence-corrected chi connectivity index (χ4v) is 2.76. The Morgan fingerprint density at radius 3 is 2.57 bits per heavy atom. The van der Waals surface area contributed by atoms with E-state index in [0.29, 0.717) is 5.82 Å². The smallest absolute Gasteiger partial charge is 0.296 e. The quantitative estimate of drug-likeness (QED) is 0.838. The molecule has 0 aliphatic heterocycles. The molecule has 21 heavy (non-hydrogen) atoms. The number of alkyl halides is 3. The van der Waals surface area contributed by atoms with Crippen molar-refractivity contribution in [1.82, 2.24) is 25.1 Å². The molecule has 1 saturated carbocycles. The Kier molecular flexibility index (Phi) is 5.18. The first-order valence-electron chi connectivity index (χ1n) is 7.43. The monoisotopic (exact) mass is 305 g/mol. The lowest BCUT2D eigenvalue weighted by molar-refractivity contribution is -0.138. The summed E-state index contributed by atoms with van der Waals surface area (Å²) in [5.41, 5.74) is 0. The maximum atomic E-state index is 12.3. The zero-order valence-electron chi connectivity index (χ0n) is 12.5. The first-order valence-corrected chi connectivity index (χ1v) is 7.43. The lowest BCUT2D eigenvalue weighted by Gasteiger charge is -2.27. The summed E-state index contributed by atoms with van der Waals surface area (Å²) in [6.07, 6.45) is 0.662. The van der Waals surface area contributed by atoms with Gasteiger partial charge in [0.1, 0.15) is 0 Å². The number of tetrazole rings is 1. The van der Waals surface area contributed by atoms with E-state index >= 15 is 0 Å². The SMILES string of the molecule is C[C@H](c1nnnn1C1CCCCC1)N(C)CCC(F)(F)F. The highest BCUT2D eigenvalue weighted by molar-refractivity contribution is 4.93. The average Bonchev–Trinajstić information content (AvgIpc) is 2.93. The number of nitrogens with zero attached hydrogens (tertiary/aromatic N) is 5. The molecule has 1 aliphatic carbocycles. The molecule has 0 spiro atoms. The van der Waals surface area contributed by atoms with Crippen LogP contribution >= 0.6 is 0 Å². The molecule has 1 heterocycles. The Hall–Kier alpha value is -1.18. The molecule has 1 aromatic heterocycles. The van der Waals surface area contributed by atoms with E-state index in [1.165, 1.54) is 6.42 Å². The summed E-state index contributed by atoms with van der Waals surface area (Å²) < 4.78 is 38.8. The van der Waals surface area contributed by atoms with E-state index in [4.69, 9.17) is 0 Å². The van der Waals surface area contributed by atoms with E-state index in [2.05, 4.69) is 15.5 Å². The van der Waals surface area contributed by atoms with Gasteiger partial charge in [0.05, 0.1) is 18.5 Å². The van der Waals surface area contributed by atoms with Crippen molar-refractivity contribution in [3.8, 4) is 0 Å². The van der Waals surface area contributed by atoms with Gasteiger partial charge in [0.15, 0.2) is 5.82 Å². The normalized spacial score (nSPS) is 19.1. The van der Waals surface area contributed by atoms with Gasteiger partial charge >= 0.3 is 6.18 Å². The lowest BCUT2D eigenvalue weighted by Crippen LogP contribution is -2.30. The van der Waals surface area contributed by atoms with Crippen LogP contribution in [0.15, 0.2) is 0 Å². The summed E-state index contributed by atoms with van der Waals surface area (Å²) in [6, 6.07) is 0.0477. The zero-order chi connectivity index (χ0) is 15.5. The first kappa shape index (κ1) is 16.2. The van der Waals surface area contributed by atoms with Crippen molar-refractivity contribution < 1.29 is 13.2 Å². The summed E-state index contributed by atoms with van der Waals surface area (Å²) in [6.45, 7) is 1.80. The predicted molar refractivity (Wildman–Crippen MR) is 71.7 cm³/mol. The van der Waals surface area contributed by atoms with Gasteiger partial charge < -0.3 is 0 Å². The minimum Gasteiger partial charge on any atom is -0.296 e. The van der Waals surface area contributed by atoms with Crippen LogP contribution in [0.2, 0.25) is 0 Å². The summed E-state index contributed by atoms with van der Waals surface area (Å²) >= 11 is 0. The highest BCUT2D eigenvalue weighted by Gasteiger charge is 2.30. The zero-order valence-corrected chi connectivity index (χ0v) is 12.5. The van der Waals surface area contributed by atoms with Crippen LogP contribution in [0.3, 0.4) is 0 Å². The predicted octanol–water partition coefficient (Wildman–Crippen LogP) is 3.12. The van der Waals surface area contributed by atoms with Crippen LogP contribution in [0.4, 0.5) is 13.2 Å². The first-order chi connectivity index (χ1) is 9.88. The molecule has 0 bridgehead atoms. The van der Waals surface area contributed by atoms with Gasteiger partial charge in [-0.25, -0.2) is 4.68 Å². The number of rotatable bonds is 5. The van der Waals surface area contributed by atoms with Crippen molar-refractivity contribution in [2.24, 2.45) is 0 Å². The Balaban J connectivity index is 2.02. The molecule has 0 aromatic carbocycles. The topological polar surface area (TPSA) is 46.8 Å². The molecule has 1 aromatic rings. The molecule has 120 valence electrons. The second kappa shape index (κ2) is 6.72. The van der Waals surface area contributed by atoms with Crippen molar-refractivity contribution in [3.63, 3.8) is 0 Å². The van der Waals surface area contributed by atoms with Gasteiger partial charge in [-0.1, -0.05) is 19.3 Å². The van der Waals surface area contributed by atoms with Crippen molar-refractivity contribution >= 4 is 0 Å². The molecule has 1 fully saturated rings. The fraction of sp³-hybridized carbons (Fsp3) is 0.923. The number of hydrogen-bond acceptors (Lipinski definition) is 4. The van der Waals surface area contributed by atoms with Crippen LogP contribution in [0.5, 0.6) is 0 Å². The molecular formula is C13H22F3N5. The van der Waals surface area contributed by atoms with Crippen molar-refractivity contribution in [2.45, 2.75) is 63.7 Å². The van der Waals surface area contributed by atoms with Crippen LogP contribution in [-0.2, 0) is 0 Å². The maximum absolute atomic E-state index is 12.3. The van der Waals surface area contributed by atoms with Gasteiger partial charge in [0, 0.05) is 6.54 Å². The molecule has 8 heteroatoms. The van der Waals surface area contributed by atoms with Gasteiger partial charge in [-0.15, -0.1) is 5.10 Å². The molecule has 1 atom stereocenters. The van der Waals surface area contributed by atoms with Crippen LogP contribution in [0.1, 0.15) is 63.4 Å². The average molecular weight is 305 g/mol. The lowest BCUT2D eigenvalue weighted by atomic mass is 9.95. The van der Waals surface area contributed by atoms with Crippen LogP contribution in [-0.4, -0.2) is 44.9 Å². The second-order valence-electron chi connectivity index (χ2n) is 5.80.